The summed E-state index contributed by atoms with van der Waals surface area (Å²) >= 11 is 0. The monoisotopic (exact) mass is 450 g/mol. The van der Waals surface area contributed by atoms with Gasteiger partial charge in [-0.15, -0.1) is 0 Å². The zero-order chi connectivity index (χ0) is 23.1. The number of anilines is 2. The molecule has 0 aliphatic rings. The van der Waals surface area contributed by atoms with Crippen molar-refractivity contribution in [1.82, 2.24) is 0 Å². The zero-order valence-corrected chi connectivity index (χ0v) is 20.7. The van der Waals surface area contributed by atoms with E-state index in [1.807, 2.05) is 80.5 Å². The smallest absolute Gasteiger partial charge is 0.258 e. The van der Waals surface area contributed by atoms with Crippen LogP contribution < -0.4 is 15.5 Å². The van der Waals surface area contributed by atoms with Crippen LogP contribution in [0.15, 0.2) is 78.9 Å². The largest absolute Gasteiger partial charge is 0.378 e. The Kier molecular flexibility index (Phi) is 8.17. The maximum atomic E-state index is 14.7. The first-order chi connectivity index (χ1) is 15.3. The SMILES string of the molecule is CCCO[P@@](=O)(c1ccc(N(C)C)cc1)[C@@H](Nc1ccccc1)c1ccc(C(C)C)cc1. The van der Waals surface area contributed by atoms with Gasteiger partial charge in [-0.2, -0.15) is 0 Å². The maximum Gasteiger partial charge on any atom is 0.258 e. The predicted octanol–water partition coefficient (Wildman–Crippen LogP) is 7.02. The van der Waals surface area contributed by atoms with E-state index in [1.54, 1.807) is 0 Å². The summed E-state index contributed by atoms with van der Waals surface area (Å²) in [5, 5.41) is 4.25. The molecule has 1 N–H and O–H groups in total. The molecule has 0 saturated carbocycles. The second kappa shape index (κ2) is 10.8. The molecule has 0 spiro atoms. The van der Waals surface area contributed by atoms with E-state index < -0.39 is 13.2 Å². The van der Waals surface area contributed by atoms with Crippen molar-refractivity contribution in [3.05, 3.63) is 90.0 Å². The Morgan fingerprint density at radius 2 is 1.47 bits per heavy atom. The van der Waals surface area contributed by atoms with E-state index in [0.29, 0.717) is 12.5 Å². The van der Waals surface area contributed by atoms with Gasteiger partial charge in [-0.1, -0.05) is 63.2 Å². The number of para-hydroxylation sites is 1. The summed E-state index contributed by atoms with van der Waals surface area (Å²) < 4.78 is 20.9. The van der Waals surface area contributed by atoms with Crippen molar-refractivity contribution in [2.24, 2.45) is 0 Å². The van der Waals surface area contributed by atoms with Crippen LogP contribution in [-0.2, 0) is 9.09 Å². The van der Waals surface area contributed by atoms with Crippen LogP contribution in [0, 0.1) is 0 Å². The zero-order valence-electron chi connectivity index (χ0n) is 19.8. The van der Waals surface area contributed by atoms with Crippen LogP contribution in [0.3, 0.4) is 0 Å². The van der Waals surface area contributed by atoms with Crippen LogP contribution in [0.1, 0.15) is 50.0 Å². The fourth-order valence-corrected chi connectivity index (χ4v) is 6.10. The van der Waals surface area contributed by atoms with Crippen LogP contribution in [-0.4, -0.2) is 20.7 Å². The van der Waals surface area contributed by atoms with Gasteiger partial charge in [0.2, 0.25) is 0 Å². The Balaban J connectivity index is 2.10. The molecule has 0 aliphatic carbocycles. The first kappa shape index (κ1) is 24.1. The van der Waals surface area contributed by atoms with Crippen LogP contribution in [0.5, 0.6) is 0 Å². The van der Waals surface area contributed by atoms with Crippen molar-refractivity contribution in [3.8, 4) is 0 Å². The summed E-state index contributed by atoms with van der Waals surface area (Å²) in [4.78, 5) is 2.03. The molecule has 3 aromatic rings. The summed E-state index contributed by atoms with van der Waals surface area (Å²) in [6.07, 6.45) is 0.796. The molecule has 0 heterocycles. The summed E-state index contributed by atoms with van der Waals surface area (Å²) in [5.41, 5.74) is 4.18. The molecule has 170 valence electrons. The van der Waals surface area contributed by atoms with E-state index in [9.17, 15) is 4.57 Å². The molecule has 2 atom stereocenters. The van der Waals surface area contributed by atoms with Crippen LogP contribution in [0.4, 0.5) is 11.4 Å². The normalized spacial score (nSPS) is 14.1. The molecule has 0 unspecified atom stereocenters. The standard InChI is InChI=1S/C27H35N2O2P/c1-6-20-31-32(30,26-18-16-25(17-19-26)29(4)5)27(28-24-10-8-7-9-11-24)23-14-12-22(13-15-23)21(2)3/h7-19,21,27-28H,6,20H2,1-5H3/t27-,32+/m1/s1. The van der Waals surface area contributed by atoms with Crippen molar-refractivity contribution in [2.75, 3.05) is 30.9 Å². The average molecular weight is 451 g/mol. The molecular formula is C27H35N2O2P. The number of nitrogens with zero attached hydrogens (tertiary/aromatic N) is 1. The van der Waals surface area contributed by atoms with Crippen molar-refractivity contribution in [2.45, 2.75) is 38.9 Å². The summed E-state index contributed by atoms with van der Waals surface area (Å²) in [6, 6.07) is 26.2. The van der Waals surface area contributed by atoms with Gasteiger partial charge in [-0.3, -0.25) is 4.57 Å². The number of benzene rings is 3. The topological polar surface area (TPSA) is 41.6 Å². The minimum absolute atomic E-state index is 0.434. The highest BCUT2D eigenvalue weighted by Gasteiger charge is 2.38. The molecule has 0 fully saturated rings. The molecule has 0 aliphatic heterocycles. The third-order valence-electron chi connectivity index (χ3n) is 5.55. The molecule has 3 rings (SSSR count). The Morgan fingerprint density at radius 3 is 2.00 bits per heavy atom. The molecule has 0 aromatic heterocycles. The summed E-state index contributed by atoms with van der Waals surface area (Å²) in [7, 11) is 0.692. The van der Waals surface area contributed by atoms with Crippen LogP contribution >= 0.6 is 7.37 Å². The lowest BCUT2D eigenvalue weighted by Crippen LogP contribution is -2.21. The molecule has 32 heavy (non-hydrogen) atoms. The van der Waals surface area contributed by atoms with Crippen LogP contribution in [0.2, 0.25) is 0 Å². The van der Waals surface area contributed by atoms with Gasteiger partial charge in [0, 0.05) is 30.8 Å². The fourth-order valence-electron chi connectivity index (χ4n) is 3.60. The molecule has 4 nitrogen and oxygen atoms in total. The van der Waals surface area contributed by atoms with Gasteiger partial charge in [0.25, 0.3) is 7.37 Å². The Hall–Kier alpha value is -2.55. The van der Waals surface area contributed by atoms with Crippen molar-refractivity contribution in [1.29, 1.82) is 0 Å². The van der Waals surface area contributed by atoms with E-state index in [1.165, 1.54) is 5.56 Å². The molecule has 0 bridgehead atoms. The average Bonchev–Trinajstić information content (AvgIpc) is 2.82. The second-order valence-electron chi connectivity index (χ2n) is 8.58. The lowest BCUT2D eigenvalue weighted by Gasteiger charge is -2.30. The third kappa shape index (κ3) is 5.62. The minimum Gasteiger partial charge on any atom is -0.378 e. The van der Waals surface area contributed by atoms with Gasteiger partial charge in [0.15, 0.2) is 0 Å². The maximum absolute atomic E-state index is 14.7. The number of rotatable bonds is 10. The third-order valence-corrected chi connectivity index (χ3v) is 8.24. The molecule has 0 saturated heterocycles. The second-order valence-corrected chi connectivity index (χ2v) is 11.1. The Labute approximate surface area is 193 Å². The highest BCUT2D eigenvalue weighted by atomic mass is 31.2. The lowest BCUT2D eigenvalue weighted by atomic mass is 10.0. The van der Waals surface area contributed by atoms with E-state index in [2.05, 4.69) is 43.4 Å². The Bertz CT molecular complexity index is 1020. The first-order valence-corrected chi connectivity index (χ1v) is 13.0. The van der Waals surface area contributed by atoms with E-state index in [-0.39, 0.29) is 0 Å². The van der Waals surface area contributed by atoms with Gasteiger partial charge in [-0.25, -0.2) is 0 Å². The highest BCUT2D eigenvalue weighted by Crippen LogP contribution is 2.59. The molecule has 0 amide bonds. The summed E-state index contributed by atoms with van der Waals surface area (Å²) in [6.45, 7) is 6.83. The van der Waals surface area contributed by atoms with E-state index >= 15 is 0 Å². The molecular weight excluding hydrogens is 415 g/mol. The van der Waals surface area contributed by atoms with E-state index in [0.717, 1.165) is 28.7 Å². The number of hydrogen-bond acceptors (Lipinski definition) is 4. The van der Waals surface area contributed by atoms with Crippen LogP contribution in [0.25, 0.3) is 0 Å². The van der Waals surface area contributed by atoms with Gasteiger partial charge < -0.3 is 14.7 Å². The predicted molar refractivity (Wildman–Crippen MR) is 138 cm³/mol. The Morgan fingerprint density at radius 1 is 0.875 bits per heavy atom. The first-order valence-electron chi connectivity index (χ1n) is 11.3. The lowest BCUT2D eigenvalue weighted by molar-refractivity contribution is 0.315. The summed E-state index contributed by atoms with van der Waals surface area (Å²) in [5.74, 6) is -0.0609. The van der Waals surface area contributed by atoms with Gasteiger partial charge in [0.05, 0.1) is 6.61 Å². The molecule has 0 radical (unpaired) electrons. The number of hydrogen-bond donors (Lipinski definition) is 1. The molecule has 5 heteroatoms. The van der Waals surface area contributed by atoms with E-state index in [4.69, 9.17) is 4.52 Å². The van der Waals surface area contributed by atoms with Crippen molar-refractivity contribution < 1.29 is 9.09 Å². The van der Waals surface area contributed by atoms with Gasteiger partial charge in [0.1, 0.15) is 5.78 Å². The van der Waals surface area contributed by atoms with Gasteiger partial charge in [-0.05, 0) is 59.9 Å². The van der Waals surface area contributed by atoms with Crippen molar-refractivity contribution >= 4 is 24.0 Å². The molecule has 3 aromatic carbocycles. The fraction of sp³-hybridized carbons (Fsp3) is 0.333. The number of nitrogens with one attached hydrogen (secondary N) is 1. The highest BCUT2D eigenvalue weighted by molar-refractivity contribution is 7.67. The van der Waals surface area contributed by atoms with Crippen molar-refractivity contribution in [3.63, 3.8) is 0 Å². The quantitative estimate of drug-likeness (QED) is 0.337. The minimum atomic E-state index is -3.30. The van der Waals surface area contributed by atoms with Gasteiger partial charge >= 0.3 is 0 Å².